The van der Waals surface area contributed by atoms with E-state index in [0.717, 1.165) is 0 Å². The lowest BCUT2D eigenvalue weighted by atomic mass is 9.90. The summed E-state index contributed by atoms with van der Waals surface area (Å²) < 4.78 is 10.3. The Bertz CT molecular complexity index is 337. The number of aliphatic carboxylic acids is 1. The SMILES string of the molecule is O=C(NN1CCOCC1)NC1(C(=O)O)CCOCC1. The number of morpholine rings is 1. The molecule has 2 rings (SSSR count). The molecule has 8 heteroatoms. The highest BCUT2D eigenvalue weighted by atomic mass is 16.5. The van der Waals surface area contributed by atoms with Crippen LogP contribution in [0.3, 0.4) is 0 Å². The molecule has 0 spiro atoms. The zero-order chi connectivity index (χ0) is 13.7. The van der Waals surface area contributed by atoms with E-state index in [1.165, 1.54) is 0 Å². The molecule has 2 saturated heterocycles. The monoisotopic (exact) mass is 273 g/mol. The number of rotatable bonds is 3. The molecule has 2 heterocycles. The van der Waals surface area contributed by atoms with Gasteiger partial charge in [-0.1, -0.05) is 0 Å². The first kappa shape index (κ1) is 14.0. The minimum absolute atomic E-state index is 0.277. The van der Waals surface area contributed by atoms with E-state index < -0.39 is 17.5 Å². The number of nitrogens with zero attached hydrogens (tertiary/aromatic N) is 1. The summed E-state index contributed by atoms with van der Waals surface area (Å²) in [6.45, 7) is 2.97. The number of hydrogen-bond acceptors (Lipinski definition) is 5. The first-order valence-electron chi connectivity index (χ1n) is 6.35. The first-order chi connectivity index (χ1) is 9.12. The molecule has 2 fully saturated rings. The number of carbonyl (C=O) groups is 2. The highest BCUT2D eigenvalue weighted by Gasteiger charge is 2.41. The van der Waals surface area contributed by atoms with E-state index in [1.807, 2.05) is 0 Å². The van der Waals surface area contributed by atoms with Gasteiger partial charge in [-0.25, -0.2) is 14.6 Å². The standard InChI is InChI=1S/C11H19N3O5/c15-9(16)11(1-5-18-6-2-11)12-10(17)13-14-3-7-19-8-4-14/h1-8H2,(H,15,16)(H2,12,13,17). The summed E-state index contributed by atoms with van der Waals surface area (Å²) in [5.74, 6) is -1.02. The Hall–Kier alpha value is -1.38. The minimum atomic E-state index is -1.23. The van der Waals surface area contributed by atoms with Gasteiger partial charge in [-0.3, -0.25) is 5.43 Å². The fourth-order valence-electron chi connectivity index (χ4n) is 2.18. The highest BCUT2D eigenvalue weighted by Crippen LogP contribution is 2.20. The number of ether oxygens (including phenoxy) is 2. The Morgan fingerprint density at radius 3 is 2.21 bits per heavy atom. The zero-order valence-corrected chi connectivity index (χ0v) is 10.7. The van der Waals surface area contributed by atoms with Gasteiger partial charge in [0, 0.05) is 39.1 Å². The van der Waals surface area contributed by atoms with Crippen molar-refractivity contribution >= 4 is 12.0 Å². The molecule has 3 N–H and O–H groups in total. The molecule has 0 aromatic heterocycles. The molecule has 2 aliphatic heterocycles. The third-order valence-electron chi connectivity index (χ3n) is 3.38. The normalized spacial score (nSPS) is 23.6. The van der Waals surface area contributed by atoms with Crippen LogP contribution in [0, 0.1) is 0 Å². The largest absolute Gasteiger partial charge is 0.480 e. The lowest BCUT2D eigenvalue weighted by Crippen LogP contribution is -2.62. The fourth-order valence-corrected chi connectivity index (χ4v) is 2.18. The topological polar surface area (TPSA) is 100 Å². The molecule has 0 aliphatic carbocycles. The minimum Gasteiger partial charge on any atom is -0.480 e. The number of carboxylic acid groups (broad SMARTS) is 1. The van der Waals surface area contributed by atoms with Gasteiger partial charge in [0.25, 0.3) is 0 Å². The van der Waals surface area contributed by atoms with E-state index in [1.54, 1.807) is 5.01 Å². The summed E-state index contributed by atoms with van der Waals surface area (Å²) in [6.07, 6.45) is 0.553. The van der Waals surface area contributed by atoms with Crippen molar-refractivity contribution in [2.45, 2.75) is 18.4 Å². The van der Waals surface area contributed by atoms with Crippen LogP contribution < -0.4 is 10.7 Å². The number of nitrogens with one attached hydrogen (secondary N) is 2. The van der Waals surface area contributed by atoms with E-state index in [0.29, 0.717) is 39.5 Å². The Kier molecular flexibility index (Phi) is 4.56. The molecule has 0 aromatic carbocycles. The van der Waals surface area contributed by atoms with Gasteiger partial charge in [0.2, 0.25) is 0 Å². The Balaban J connectivity index is 1.89. The summed E-state index contributed by atoms with van der Waals surface area (Å²) in [5.41, 5.74) is 1.42. The lowest BCUT2D eigenvalue weighted by Gasteiger charge is -2.35. The van der Waals surface area contributed by atoms with Gasteiger partial charge in [-0.05, 0) is 0 Å². The van der Waals surface area contributed by atoms with Crippen LogP contribution in [0.5, 0.6) is 0 Å². The van der Waals surface area contributed by atoms with Gasteiger partial charge in [-0.2, -0.15) is 0 Å². The van der Waals surface area contributed by atoms with Crippen molar-refractivity contribution in [2.75, 3.05) is 39.5 Å². The molecule has 19 heavy (non-hydrogen) atoms. The smallest absolute Gasteiger partial charge is 0.330 e. The van der Waals surface area contributed by atoms with Crippen molar-refractivity contribution in [3.8, 4) is 0 Å². The average Bonchev–Trinajstić information content (AvgIpc) is 2.40. The predicted molar refractivity (Wildman–Crippen MR) is 64.5 cm³/mol. The third-order valence-corrected chi connectivity index (χ3v) is 3.38. The maximum atomic E-state index is 11.9. The molecular weight excluding hydrogens is 254 g/mol. The maximum absolute atomic E-state index is 11.9. The molecule has 0 bridgehead atoms. The second kappa shape index (κ2) is 6.18. The van der Waals surface area contributed by atoms with Crippen molar-refractivity contribution in [1.29, 1.82) is 0 Å². The maximum Gasteiger partial charge on any atom is 0.330 e. The summed E-state index contributed by atoms with van der Waals surface area (Å²) in [5, 5.41) is 13.6. The van der Waals surface area contributed by atoms with Crippen molar-refractivity contribution in [2.24, 2.45) is 0 Å². The number of hydrogen-bond donors (Lipinski definition) is 3. The number of carboxylic acids is 1. The molecule has 108 valence electrons. The number of urea groups is 1. The van der Waals surface area contributed by atoms with Crippen LogP contribution in [0.4, 0.5) is 4.79 Å². The first-order valence-corrected chi connectivity index (χ1v) is 6.35. The van der Waals surface area contributed by atoms with E-state index in [2.05, 4.69) is 10.7 Å². The summed E-state index contributed by atoms with van der Waals surface area (Å²) in [6, 6.07) is -0.494. The van der Waals surface area contributed by atoms with Gasteiger partial charge in [-0.15, -0.1) is 0 Å². The average molecular weight is 273 g/mol. The summed E-state index contributed by atoms with van der Waals surface area (Å²) in [4.78, 5) is 23.3. The van der Waals surface area contributed by atoms with Crippen LogP contribution in [0.2, 0.25) is 0 Å². The van der Waals surface area contributed by atoms with Crippen LogP contribution in [-0.2, 0) is 14.3 Å². The molecular formula is C11H19N3O5. The van der Waals surface area contributed by atoms with Crippen molar-refractivity contribution in [3.05, 3.63) is 0 Å². The van der Waals surface area contributed by atoms with Crippen LogP contribution in [-0.4, -0.2) is 67.2 Å². The van der Waals surface area contributed by atoms with E-state index in [4.69, 9.17) is 9.47 Å². The molecule has 2 aliphatic rings. The van der Waals surface area contributed by atoms with Crippen LogP contribution in [0.1, 0.15) is 12.8 Å². The van der Waals surface area contributed by atoms with Gasteiger partial charge in [0.1, 0.15) is 5.54 Å². The van der Waals surface area contributed by atoms with E-state index >= 15 is 0 Å². The molecule has 0 radical (unpaired) electrons. The Morgan fingerprint density at radius 2 is 1.63 bits per heavy atom. The second-order valence-electron chi connectivity index (χ2n) is 4.66. The highest BCUT2D eigenvalue weighted by molar-refractivity contribution is 5.86. The molecule has 2 amide bonds. The summed E-state index contributed by atoms with van der Waals surface area (Å²) >= 11 is 0. The zero-order valence-electron chi connectivity index (χ0n) is 10.7. The predicted octanol–water partition coefficient (Wildman–Crippen LogP) is -0.833. The second-order valence-corrected chi connectivity index (χ2v) is 4.66. The lowest BCUT2D eigenvalue weighted by molar-refractivity contribution is -0.148. The Labute approximate surface area is 111 Å². The van der Waals surface area contributed by atoms with Crippen LogP contribution in [0.15, 0.2) is 0 Å². The number of hydrazine groups is 1. The van der Waals surface area contributed by atoms with Crippen molar-refractivity contribution < 1.29 is 24.2 Å². The van der Waals surface area contributed by atoms with Gasteiger partial charge in [0.05, 0.1) is 13.2 Å². The van der Waals surface area contributed by atoms with Gasteiger partial charge >= 0.3 is 12.0 Å². The number of amides is 2. The molecule has 0 saturated carbocycles. The molecule has 8 nitrogen and oxygen atoms in total. The summed E-state index contributed by atoms with van der Waals surface area (Å²) in [7, 11) is 0. The quantitative estimate of drug-likeness (QED) is 0.620. The molecule has 0 unspecified atom stereocenters. The third kappa shape index (κ3) is 3.55. The van der Waals surface area contributed by atoms with Crippen molar-refractivity contribution in [3.63, 3.8) is 0 Å². The molecule has 0 aromatic rings. The number of carbonyl (C=O) groups excluding carboxylic acids is 1. The Morgan fingerprint density at radius 1 is 1.05 bits per heavy atom. The fraction of sp³-hybridized carbons (Fsp3) is 0.818. The molecule has 0 atom stereocenters. The van der Waals surface area contributed by atoms with Crippen LogP contribution >= 0.6 is 0 Å². The van der Waals surface area contributed by atoms with Crippen molar-refractivity contribution in [1.82, 2.24) is 15.8 Å². The van der Waals surface area contributed by atoms with Crippen LogP contribution in [0.25, 0.3) is 0 Å². The van der Waals surface area contributed by atoms with E-state index in [-0.39, 0.29) is 12.8 Å². The van der Waals surface area contributed by atoms with Gasteiger partial charge in [0.15, 0.2) is 0 Å². The van der Waals surface area contributed by atoms with E-state index in [9.17, 15) is 14.7 Å². The van der Waals surface area contributed by atoms with Gasteiger partial charge < -0.3 is 19.9 Å².